The third-order valence-corrected chi connectivity index (χ3v) is 11.7. The summed E-state index contributed by atoms with van der Waals surface area (Å²) in [5.74, 6) is -0.687. The van der Waals surface area contributed by atoms with Gasteiger partial charge < -0.3 is 53.5 Å². The lowest BCUT2D eigenvalue weighted by Crippen LogP contribution is -2.34. The molecule has 8 N–H and O–H groups in total. The number of nitrogens with two attached hydrogens (primary N) is 2. The highest BCUT2D eigenvalue weighted by molar-refractivity contribution is 7.56. The van der Waals surface area contributed by atoms with E-state index in [1.165, 1.54) is 12.7 Å². The predicted octanol–water partition coefficient (Wildman–Crippen LogP) is 3.91. The fraction of sp³-hybridized carbons (Fsp3) is 0.415. The summed E-state index contributed by atoms with van der Waals surface area (Å²) in [7, 11) is -7.44. The predicted molar refractivity (Wildman–Crippen MR) is 247 cm³/mol. The van der Waals surface area contributed by atoms with Crippen LogP contribution in [0.2, 0.25) is 0 Å². The van der Waals surface area contributed by atoms with Crippen molar-refractivity contribution in [3.8, 4) is 0 Å². The van der Waals surface area contributed by atoms with Crippen molar-refractivity contribution in [3.05, 3.63) is 105 Å². The maximum absolute atomic E-state index is 13.4. The molecule has 0 aliphatic heterocycles. The fourth-order valence-corrected chi connectivity index (χ4v) is 7.97. The molecule has 3 atom stereocenters. The van der Waals surface area contributed by atoms with Crippen LogP contribution in [0.15, 0.2) is 82.9 Å². The molecule has 0 aliphatic rings. The van der Waals surface area contributed by atoms with Gasteiger partial charge in [0.05, 0.1) is 58.2 Å². The van der Waals surface area contributed by atoms with Gasteiger partial charge in [-0.1, -0.05) is 74.5 Å². The van der Waals surface area contributed by atoms with Crippen LogP contribution >= 0.6 is 15.1 Å². The molecule has 26 heteroatoms. The zero-order valence-corrected chi connectivity index (χ0v) is 39.5. The molecular weight excluding hydrogens is 916 g/mol. The lowest BCUT2D eigenvalue weighted by atomic mass is 10.2. The summed E-state index contributed by atoms with van der Waals surface area (Å²) >= 11 is 0. The molecule has 4 aromatic heterocycles. The second-order valence-corrected chi connectivity index (χ2v) is 18.4. The Bertz CT molecular complexity index is 2710. The van der Waals surface area contributed by atoms with Crippen molar-refractivity contribution < 1.29 is 51.6 Å². The highest BCUT2D eigenvalue weighted by Crippen LogP contribution is 2.44. The third-order valence-electron chi connectivity index (χ3n) is 8.80. The number of nitrogens with one attached hydrogen (secondary N) is 3. The Morgan fingerprint density at radius 3 is 1.61 bits per heavy atom. The number of rotatable bonds is 22. The molecule has 0 saturated carbocycles. The van der Waals surface area contributed by atoms with E-state index in [2.05, 4.69) is 39.7 Å². The number of H-pyrrole nitrogens is 2. The Labute approximate surface area is 384 Å². The van der Waals surface area contributed by atoms with Gasteiger partial charge >= 0.3 is 19.5 Å². The van der Waals surface area contributed by atoms with E-state index in [9.17, 15) is 33.2 Å². The van der Waals surface area contributed by atoms with Crippen molar-refractivity contribution in [2.75, 3.05) is 50.6 Å². The number of carbonyl (C=O) groups excluding carboxylic acids is 2. The zero-order chi connectivity index (χ0) is 49.0. The van der Waals surface area contributed by atoms with Gasteiger partial charge in [-0.15, -0.1) is 0 Å². The van der Waals surface area contributed by atoms with Gasteiger partial charge in [-0.05, 0) is 31.9 Å². The maximum atomic E-state index is 13.4. The first-order valence-electron chi connectivity index (χ1n) is 20.9. The lowest BCUT2D eigenvalue weighted by molar-refractivity contribution is -0.147. The van der Waals surface area contributed by atoms with Crippen LogP contribution in [0.4, 0.5) is 11.9 Å². The van der Waals surface area contributed by atoms with Crippen molar-refractivity contribution in [3.63, 3.8) is 0 Å². The summed E-state index contributed by atoms with van der Waals surface area (Å²) in [5.41, 5.74) is 12.8. The molecule has 0 amide bonds. The van der Waals surface area contributed by atoms with E-state index >= 15 is 0 Å². The van der Waals surface area contributed by atoms with Crippen molar-refractivity contribution in [2.24, 2.45) is 5.92 Å². The molecule has 2 unspecified atom stereocenters. The minimum Gasteiger partial charge on any atom is -0.466 e. The van der Waals surface area contributed by atoms with Gasteiger partial charge in [0.2, 0.25) is 11.9 Å². The number of nitrogens with zero attached hydrogens (tertiary/aromatic N) is 6. The molecule has 0 fully saturated rings. The molecule has 0 saturated heterocycles. The number of esters is 2. The molecule has 0 spiro atoms. The standard InChI is InChI=1S/C20H27N6O6P.C15H18N5O5P.C6H12O2/c1-3-31-19(28)14(2)25-33(29,32-11-15-7-5-4-6-8-15)13-30-10-9-26-12-22-16-17(26)23-20(21)24-18(16)27;16-15-18-13-12(14(21)19-15)17-9-20(13)6-7-24-10-26(22,23)25-8-11-4-2-1-3-5-11;1-4-8-6(7)5(2)3/h4-8,12,14H,3,9-11,13H2,1-2H3,(H,25,29)(H3,21,23,24,27);1-5,9H,6-8,10H2,(H,22,23)(H3,16,18,19,21);5H,4H2,1-3H3/t14-,33?;;/m1../s1. The topological polar surface area (TPSA) is 335 Å². The van der Waals surface area contributed by atoms with Crippen LogP contribution in [0.3, 0.4) is 0 Å². The van der Waals surface area contributed by atoms with Crippen LogP contribution in [0.1, 0.15) is 45.7 Å². The average molecular weight is 974 g/mol. The molecule has 24 nitrogen and oxygen atoms in total. The van der Waals surface area contributed by atoms with Gasteiger partial charge in [0, 0.05) is 13.1 Å². The smallest absolute Gasteiger partial charge is 0.353 e. The number of aromatic amines is 2. The highest BCUT2D eigenvalue weighted by atomic mass is 31.2. The number of ether oxygens (including phenoxy) is 4. The van der Waals surface area contributed by atoms with Crippen molar-refractivity contribution >= 4 is 61.3 Å². The van der Waals surface area contributed by atoms with E-state index in [0.29, 0.717) is 17.9 Å². The number of imidazole rings is 2. The number of hydrogen-bond acceptors (Lipinski definition) is 18. The number of fused-ring (bicyclic) bond motifs is 2. The Kier molecular flexibility index (Phi) is 21.0. The van der Waals surface area contributed by atoms with Gasteiger partial charge in [-0.2, -0.15) is 9.97 Å². The summed E-state index contributed by atoms with van der Waals surface area (Å²) in [6.45, 7) is 10.2. The summed E-state index contributed by atoms with van der Waals surface area (Å²) in [6, 6.07) is 17.5. The monoisotopic (exact) mass is 973 g/mol. The van der Waals surface area contributed by atoms with Crippen LogP contribution < -0.4 is 27.7 Å². The first kappa shape index (κ1) is 53.5. The van der Waals surface area contributed by atoms with Crippen LogP contribution in [-0.4, -0.2) is 101 Å². The Hall–Kier alpha value is -6.10. The van der Waals surface area contributed by atoms with Crippen LogP contribution in [0.5, 0.6) is 0 Å². The van der Waals surface area contributed by atoms with Gasteiger partial charge in [-0.3, -0.25) is 38.3 Å². The molecule has 364 valence electrons. The zero-order valence-electron chi connectivity index (χ0n) is 37.7. The van der Waals surface area contributed by atoms with E-state index < -0.39 is 44.6 Å². The molecule has 0 radical (unpaired) electrons. The van der Waals surface area contributed by atoms with Crippen LogP contribution in [0, 0.1) is 5.92 Å². The van der Waals surface area contributed by atoms with E-state index in [1.807, 2.05) is 62.4 Å². The molecule has 0 aliphatic carbocycles. The number of aromatic nitrogens is 8. The molecule has 4 heterocycles. The molecular formula is C41H57N11O13P2. The van der Waals surface area contributed by atoms with Crippen LogP contribution in [0.25, 0.3) is 22.3 Å². The molecule has 6 rings (SSSR count). The van der Waals surface area contributed by atoms with E-state index in [4.69, 9.17) is 34.7 Å². The van der Waals surface area contributed by atoms with Gasteiger partial charge in [0.1, 0.15) is 18.7 Å². The first-order valence-corrected chi connectivity index (χ1v) is 24.5. The van der Waals surface area contributed by atoms with Crippen molar-refractivity contribution in [1.29, 1.82) is 0 Å². The van der Waals surface area contributed by atoms with E-state index in [0.717, 1.165) is 11.1 Å². The molecule has 0 bridgehead atoms. The second kappa shape index (κ2) is 26.3. The fourth-order valence-electron chi connectivity index (χ4n) is 5.53. The number of anilines is 2. The summed E-state index contributed by atoms with van der Waals surface area (Å²) < 4.78 is 59.8. The third kappa shape index (κ3) is 17.6. The molecule has 6 aromatic rings. The van der Waals surface area contributed by atoms with Gasteiger partial charge in [-0.25, -0.2) is 15.1 Å². The van der Waals surface area contributed by atoms with E-state index in [1.54, 1.807) is 42.0 Å². The number of benzene rings is 2. The highest BCUT2D eigenvalue weighted by Gasteiger charge is 2.30. The average Bonchev–Trinajstić information content (AvgIpc) is 3.90. The number of carbonyl (C=O) groups is 2. The number of hydrogen-bond donors (Lipinski definition) is 6. The maximum Gasteiger partial charge on any atom is 0.353 e. The Morgan fingerprint density at radius 1 is 0.716 bits per heavy atom. The SMILES string of the molecule is CCOC(=O)C(C)C.CCOC(=O)[C@@H](C)NP(=O)(COCCn1cnc2c(=O)[nH]c(N)nc21)OCc1ccccc1.Nc1nc2c(ncn2CCOCP(=O)(O)OCc2ccccc2)c(=O)[nH]1. The Morgan fingerprint density at radius 2 is 1.16 bits per heavy atom. The van der Waals surface area contributed by atoms with Gasteiger partial charge in [0.15, 0.2) is 22.3 Å². The van der Waals surface area contributed by atoms with Crippen molar-refractivity contribution in [1.82, 2.24) is 44.1 Å². The van der Waals surface area contributed by atoms with Gasteiger partial charge in [0.25, 0.3) is 18.6 Å². The Balaban J connectivity index is 0.000000256. The minimum atomic E-state index is -3.87. The van der Waals surface area contributed by atoms with E-state index in [-0.39, 0.29) is 87.3 Å². The second-order valence-electron chi connectivity index (χ2n) is 14.5. The summed E-state index contributed by atoms with van der Waals surface area (Å²) in [5, 5.41) is 2.73. The quantitative estimate of drug-likeness (QED) is 0.0319. The molecule has 2 aromatic carbocycles. The lowest BCUT2D eigenvalue weighted by Gasteiger charge is -2.23. The summed E-state index contributed by atoms with van der Waals surface area (Å²) in [4.78, 5) is 76.7. The minimum absolute atomic E-state index is 0.00921. The summed E-state index contributed by atoms with van der Waals surface area (Å²) in [6.07, 6.45) is 2.15. The molecule has 67 heavy (non-hydrogen) atoms. The van der Waals surface area contributed by atoms with Crippen molar-refractivity contribution in [2.45, 2.75) is 67.0 Å². The number of nitrogen functional groups attached to an aromatic ring is 2. The largest absolute Gasteiger partial charge is 0.466 e. The first-order chi connectivity index (χ1) is 31.9. The normalized spacial score (nSPS) is 13.4. The van der Waals surface area contributed by atoms with Crippen LogP contribution in [-0.2, 0) is 73.0 Å².